The lowest BCUT2D eigenvalue weighted by Gasteiger charge is -2.23. The molecule has 0 spiro atoms. The van der Waals surface area contributed by atoms with Crippen molar-refractivity contribution in [1.82, 2.24) is 10.6 Å². The maximum Gasteiger partial charge on any atom is 0.471 e. The van der Waals surface area contributed by atoms with Crippen LogP contribution in [0.15, 0.2) is 48.6 Å². The number of esters is 1. The highest BCUT2D eigenvalue weighted by molar-refractivity contribution is 8.00. The van der Waals surface area contributed by atoms with E-state index in [0.29, 0.717) is 6.42 Å². The number of halogens is 3. The maximum absolute atomic E-state index is 12.8. The molecule has 0 aromatic rings. The summed E-state index contributed by atoms with van der Waals surface area (Å²) in [6.07, 6.45) is 16.8. The van der Waals surface area contributed by atoms with E-state index in [0.717, 1.165) is 44.6 Å². The van der Waals surface area contributed by atoms with E-state index < -0.39 is 47.9 Å². The molecule has 0 saturated carbocycles. The highest BCUT2D eigenvalue weighted by Gasteiger charge is 2.41. The number of methoxy groups -OCH3 is 1. The summed E-state index contributed by atoms with van der Waals surface area (Å²) in [4.78, 5) is 35.2. The summed E-state index contributed by atoms with van der Waals surface area (Å²) in [7, 11) is 1.10. The minimum Gasteiger partial charge on any atom is -0.468 e. The minimum absolute atomic E-state index is 0.263. The smallest absolute Gasteiger partial charge is 0.468 e. The zero-order chi connectivity index (χ0) is 29.5. The Morgan fingerprint density at radius 2 is 1.67 bits per heavy atom. The third-order valence-electron chi connectivity index (χ3n) is 5.39. The number of hydrogen-bond donors (Lipinski definition) is 3. The molecule has 222 valence electrons. The van der Waals surface area contributed by atoms with Crippen molar-refractivity contribution in [3.05, 3.63) is 48.6 Å². The molecule has 0 aliphatic heterocycles. The van der Waals surface area contributed by atoms with Crippen LogP contribution in [0, 0.1) is 0 Å². The molecule has 0 bridgehead atoms. The molecule has 3 N–H and O–H groups in total. The van der Waals surface area contributed by atoms with Crippen molar-refractivity contribution in [3.8, 4) is 0 Å². The molecule has 0 aromatic carbocycles. The average molecular weight is 577 g/mol. The number of nitrogens with one attached hydrogen (secondary N) is 2. The number of allylic oxidation sites excluding steroid dienone is 7. The highest BCUT2D eigenvalue weighted by Crippen LogP contribution is 2.22. The van der Waals surface area contributed by atoms with Crippen LogP contribution < -0.4 is 10.6 Å². The van der Waals surface area contributed by atoms with E-state index in [1.165, 1.54) is 19.3 Å². The van der Waals surface area contributed by atoms with Crippen molar-refractivity contribution < 1.29 is 37.4 Å². The fourth-order valence-corrected chi connectivity index (χ4v) is 4.33. The SMILES string of the molecule is CCCCCC=CCC=CC=CC=C[C@H](SC[C@H](NC(=O)C(F)(F)F)C(=O)NCC(=O)OC)[C@H](O)CCCC. The molecule has 0 aromatic heterocycles. The van der Waals surface area contributed by atoms with Gasteiger partial charge in [-0.1, -0.05) is 88.1 Å². The van der Waals surface area contributed by atoms with E-state index in [4.69, 9.17) is 0 Å². The van der Waals surface area contributed by atoms with Crippen LogP contribution in [0.1, 0.15) is 65.2 Å². The van der Waals surface area contributed by atoms with Crippen molar-refractivity contribution in [2.75, 3.05) is 19.4 Å². The standard InChI is InChI=1S/C28H43F3N2O5S/c1-4-6-8-9-10-11-12-13-14-15-16-17-19-24(23(34)18-7-5-2)39-21-22(33-27(37)28(29,30)31)26(36)32-20-25(35)38-3/h10-11,13-17,19,22-24,34H,4-9,12,18,20-21H2,1-3H3,(H,32,36)(H,33,37)/t22-,23+,24-/m0/s1. The van der Waals surface area contributed by atoms with Crippen LogP contribution in [0.2, 0.25) is 0 Å². The molecule has 2 amide bonds. The molecule has 39 heavy (non-hydrogen) atoms. The first kappa shape index (κ1) is 36.5. The van der Waals surface area contributed by atoms with E-state index in [9.17, 15) is 32.7 Å². The summed E-state index contributed by atoms with van der Waals surface area (Å²) < 4.78 is 42.9. The van der Waals surface area contributed by atoms with Crippen molar-refractivity contribution in [2.24, 2.45) is 0 Å². The number of rotatable bonds is 20. The van der Waals surface area contributed by atoms with Crippen LogP contribution in [0.3, 0.4) is 0 Å². The molecular weight excluding hydrogens is 533 g/mol. The summed E-state index contributed by atoms with van der Waals surface area (Å²) in [5, 5.41) is 13.9. The molecule has 0 unspecified atom stereocenters. The first-order chi connectivity index (χ1) is 18.6. The topological polar surface area (TPSA) is 105 Å². The quantitative estimate of drug-likeness (QED) is 0.0800. The van der Waals surface area contributed by atoms with E-state index in [-0.39, 0.29) is 5.75 Å². The van der Waals surface area contributed by atoms with Crippen LogP contribution >= 0.6 is 11.8 Å². The lowest BCUT2D eigenvalue weighted by molar-refractivity contribution is -0.174. The molecule has 11 heteroatoms. The lowest BCUT2D eigenvalue weighted by Crippen LogP contribution is -2.52. The number of carbonyl (C=O) groups excluding carboxylic acids is 3. The number of carbonyl (C=O) groups is 3. The van der Waals surface area contributed by atoms with Crippen LogP contribution in [-0.4, -0.2) is 65.9 Å². The first-order valence-corrected chi connectivity index (χ1v) is 14.3. The van der Waals surface area contributed by atoms with Gasteiger partial charge in [0.25, 0.3) is 0 Å². The number of unbranched alkanes of at least 4 members (excludes halogenated alkanes) is 4. The number of amides is 2. The van der Waals surface area contributed by atoms with Crippen LogP contribution in [0.4, 0.5) is 13.2 Å². The van der Waals surface area contributed by atoms with Gasteiger partial charge < -0.3 is 20.5 Å². The van der Waals surface area contributed by atoms with E-state index in [2.05, 4.69) is 29.1 Å². The Kier molecular flexibility index (Phi) is 20.9. The number of hydrogen-bond acceptors (Lipinski definition) is 6. The highest BCUT2D eigenvalue weighted by atomic mass is 32.2. The van der Waals surface area contributed by atoms with Crippen molar-refractivity contribution in [3.63, 3.8) is 0 Å². The molecule has 0 rings (SSSR count). The number of thioether (sulfide) groups is 1. The van der Waals surface area contributed by atoms with Crippen LogP contribution in [0.5, 0.6) is 0 Å². The minimum atomic E-state index is -5.19. The summed E-state index contributed by atoms with van der Waals surface area (Å²) >= 11 is 1.04. The Labute approximate surface area is 234 Å². The Morgan fingerprint density at radius 3 is 2.31 bits per heavy atom. The van der Waals surface area contributed by atoms with E-state index in [1.54, 1.807) is 23.5 Å². The summed E-state index contributed by atoms with van der Waals surface area (Å²) in [6.45, 7) is 3.57. The first-order valence-electron chi connectivity index (χ1n) is 13.2. The molecular formula is C28H43F3N2O5S. The van der Waals surface area contributed by atoms with Gasteiger partial charge >= 0.3 is 18.1 Å². The van der Waals surface area contributed by atoms with Gasteiger partial charge in [0.2, 0.25) is 5.91 Å². The molecule has 0 heterocycles. The lowest BCUT2D eigenvalue weighted by atomic mass is 10.1. The normalized spacial score (nSPS) is 14.7. The number of ether oxygens (including phenoxy) is 1. The number of aliphatic hydroxyl groups is 1. The fraction of sp³-hybridized carbons (Fsp3) is 0.607. The Bertz CT molecular complexity index is 829. The van der Waals surface area contributed by atoms with Gasteiger partial charge in [0.05, 0.1) is 13.2 Å². The average Bonchev–Trinajstić information content (AvgIpc) is 2.90. The summed E-state index contributed by atoms with van der Waals surface area (Å²) in [6, 6.07) is -1.59. The molecule has 0 radical (unpaired) electrons. The second-order valence-electron chi connectivity index (χ2n) is 8.73. The third kappa shape index (κ3) is 19.2. The maximum atomic E-state index is 12.8. The van der Waals surface area contributed by atoms with Crippen LogP contribution in [0.25, 0.3) is 0 Å². The van der Waals surface area contributed by atoms with Gasteiger partial charge in [-0.2, -0.15) is 13.2 Å². The van der Waals surface area contributed by atoms with Crippen molar-refractivity contribution in [2.45, 2.75) is 88.8 Å². The van der Waals surface area contributed by atoms with Gasteiger partial charge in [-0.25, -0.2) is 0 Å². The monoisotopic (exact) mass is 576 g/mol. The zero-order valence-electron chi connectivity index (χ0n) is 23.0. The number of alkyl halides is 3. The van der Waals surface area contributed by atoms with Crippen LogP contribution in [-0.2, 0) is 19.1 Å². The second kappa shape index (κ2) is 22.3. The number of aliphatic hydroxyl groups excluding tert-OH is 1. The molecule has 0 fully saturated rings. The van der Waals surface area contributed by atoms with Gasteiger partial charge in [-0.3, -0.25) is 14.4 Å². The predicted molar refractivity (Wildman–Crippen MR) is 150 cm³/mol. The Hall–Kier alpha value is -2.53. The molecule has 0 aliphatic carbocycles. The summed E-state index contributed by atoms with van der Waals surface area (Å²) in [5.41, 5.74) is 0. The zero-order valence-corrected chi connectivity index (χ0v) is 23.9. The fourth-order valence-electron chi connectivity index (χ4n) is 3.12. The van der Waals surface area contributed by atoms with Gasteiger partial charge in [0.15, 0.2) is 0 Å². The largest absolute Gasteiger partial charge is 0.471 e. The van der Waals surface area contributed by atoms with Gasteiger partial charge in [0.1, 0.15) is 12.6 Å². The second-order valence-corrected chi connectivity index (χ2v) is 9.94. The third-order valence-corrected chi connectivity index (χ3v) is 6.77. The van der Waals surface area contributed by atoms with Gasteiger partial charge in [-0.05, 0) is 25.7 Å². The molecule has 0 aliphatic rings. The molecule has 0 saturated heterocycles. The Morgan fingerprint density at radius 1 is 0.974 bits per heavy atom. The molecule has 7 nitrogen and oxygen atoms in total. The predicted octanol–water partition coefficient (Wildman–Crippen LogP) is 5.17. The van der Waals surface area contributed by atoms with E-state index >= 15 is 0 Å². The van der Waals surface area contributed by atoms with Crippen molar-refractivity contribution in [1.29, 1.82) is 0 Å². The Balaban J connectivity index is 5.24. The van der Waals surface area contributed by atoms with Crippen molar-refractivity contribution >= 4 is 29.5 Å². The summed E-state index contributed by atoms with van der Waals surface area (Å²) in [5.74, 6) is -4.30. The van der Waals surface area contributed by atoms with E-state index in [1.807, 2.05) is 25.2 Å². The molecule has 3 atom stereocenters. The van der Waals surface area contributed by atoms with Gasteiger partial charge in [-0.15, -0.1) is 11.8 Å². The van der Waals surface area contributed by atoms with Gasteiger partial charge in [0, 0.05) is 11.0 Å².